The second kappa shape index (κ2) is 11.2. The number of ether oxygens (including phenoxy) is 2. The number of alkyl halides is 3. The van der Waals surface area contributed by atoms with E-state index in [0.29, 0.717) is 12.4 Å². The van der Waals surface area contributed by atoms with Gasteiger partial charge in [0.1, 0.15) is 17.6 Å². The van der Waals surface area contributed by atoms with Crippen molar-refractivity contribution in [3.63, 3.8) is 0 Å². The zero-order chi connectivity index (χ0) is 27.4. The number of H-pyrrole nitrogens is 1. The molecule has 38 heavy (non-hydrogen) atoms. The van der Waals surface area contributed by atoms with Crippen molar-refractivity contribution in [3.05, 3.63) is 60.6 Å². The molecule has 1 aliphatic heterocycles. The lowest BCUT2D eigenvalue weighted by atomic mass is 10.0. The van der Waals surface area contributed by atoms with Gasteiger partial charge in [-0.1, -0.05) is 50.2 Å². The van der Waals surface area contributed by atoms with E-state index in [1.165, 1.54) is 19.2 Å². The SMILES string of the molecule is COC(=O)N[C@H](C(=O)N1CCC[C@H]1c1ncc(-c2ccc(-c3ccc(OC(F)(F)F)cc3)cc2)[nH]1)C(C)C. The number of aromatic amines is 1. The molecule has 1 aliphatic rings. The first-order valence-corrected chi connectivity index (χ1v) is 12.2. The number of hydrogen-bond acceptors (Lipinski definition) is 5. The Hall–Kier alpha value is -4.02. The number of rotatable bonds is 7. The first-order chi connectivity index (χ1) is 18.1. The Morgan fingerprint density at radius 3 is 2.24 bits per heavy atom. The Morgan fingerprint density at radius 1 is 1.05 bits per heavy atom. The standard InChI is InChI=1S/C27H29F3N4O4/c1-16(2)23(33-26(36)37-3)25(35)34-14-4-5-22(34)24-31-15-21(32-24)19-8-6-17(7-9-19)18-10-12-20(13-11-18)38-27(28,29)30/h6-13,15-16,22-23H,4-5,14H2,1-3H3,(H,31,32)(H,33,36)/t22-,23-/m0/s1. The summed E-state index contributed by atoms with van der Waals surface area (Å²) in [6.45, 7) is 4.29. The molecule has 0 aliphatic carbocycles. The smallest absolute Gasteiger partial charge is 0.453 e. The van der Waals surface area contributed by atoms with E-state index in [2.05, 4.69) is 24.8 Å². The van der Waals surface area contributed by atoms with Crippen molar-refractivity contribution in [2.75, 3.05) is 13.7 Å². The van der Waals surface area contributed by atoms with Crippen molar-refractivity contribution in [2.24, 2.45) is 5.92 Å². The number of amides is 2. The summed E-state index contributed by atoms with van der Waals surface area (Å²) < 4.78 is 45.8. The van der Waals surface area contributed by atoms with Gasteiger partial charge in [-0.25, -0.2) is 9.78 Å². The number of nitrogens with one attached hydrogen (secondary N) is 2. The number of aromatic nitrogens is 2. The van der Waals surface area contributed by atoms with Crippen molar-refractivity contribution in [3.8, 4) is 28.1 Å². The van der Waals surface area contributed by atoms with E-state index in [1.54, 1.807) is 23.2 Å². The Bertz CT molecular complexity index is 1260. The maximum Gasteiger partial charge on any atom is 0.573 e. The summed E-state index contributed by atoms with van der Waals surface area (Å²) in [6.07, 6.45) is -2.11. The molecule has 0 spiro atoms. The lowest BCUT2D eigenvalue weighted by molar-refractivity contribution is -0.274. The number of alkyl carbamates (subject to hydrolysis) is 1. The molecule has 0 radical (unpaired) electrons. The van der Waals surface area contributed by atoms with Gasteiger partial charge in [-0.15, -0.1) is 13.2 Å². The monoisotopic (exact) mass is 530 g/mol. The van der Waals surface area contributed by atoms with Crippen LogP contribution in [0.15, 0.2) is 54.7 Å². The van der Waals surface area contributed by atoms with Gasteiger partial charge in [-0.3, -0.25) is 4.79 Å². The number of imidazole rings is 1. The van der Waals surface area contributed by atoms with E-state index in [-0.39, 0.29) is 23.6 Å². The van der Waals surface area contributed by atoms with Crippen LogP contribution in [0.2, 0.25) is 0 Å². The van der Waals surface area contributed by atoms with Gasteiger partial charge in [0.25, 0.3) is 0 Å². The zero-order valence-electron chi connectivity index (χ0n) is 21.2. The van der Waals surface area contributed by atoms with Gasteiger partial charge >= 0.3 is 12.5 Å². The minimum absolute atomic E-state index is 0.123. The predicted octanol–water partition coefficient (Wildman–Crippen LogP) is 5.69. The van der Waals surface area contributed by atoms with Crippen LogP contribution in [0.5, 0.6) is 5.75 Å². The molecule has 2 N–H and O–H groups in total. The van der Waals surface area contributed by atoms with Crippen molar-refractivity contribution >= 4 is 12.0 Å². The van der Waals surface area contributed by atoms with Crippen LogP contribution in [-0.2, 0) is 9.53 Å². The highest BCUT2D eigenvalue weighted by molar-refractivity contribution is 5.86. The molecule has 11 heteroatoms. The lowest BCUT2D eigenvalue weighted by Gasteiger charge is -2.30. The number of halogens is 3. The number of carbonyl (C=O) groups is 2. The van der Waals surface area contributed by atoms with Crippen LogP contribution < -0.4 is 10.1 Å². The van der Waals surface area contributed by atoms with Crippen molar-refractivity contribution in [1.82, 2.24) is 20.2 Å². The average Bonchev–Trinajstić information content (AvgIpc) is 3.56. The largest absolute Gasteiger partial charge is 0.573 e. The third kappa shape index (κ3) is 6.27. The zero-order valence-corrected chi connectivity index (χ0v) is 21.2. The fraction of sp³-hybridized carbons (Fsp3) is 0.370. The molecule has 2 amide bonds. The molecule has 1 fully saturated rings. The first kappa shape index (κ1) is 27.0. The van der Waals surface area contributed by atoms with Crippen LogP contribution in [0.3, 0.4) is 0 Å². The molecule has 0 unspecified atom stereocenters. The maximum atomic E-state index is 13.3. The highest BCUT2D eigenvalue weighted by atomic mass is 19.4. The molecule has 8 nitrogen and oxygen atoms in total. The number of likely N-dealkylation sites (tertiary alicyclic amines) is 1. The van der Waals surface area contributed by atoms with Gasteiger partial charge in [0.2, 0.25) is 5.91 Å². The third-order valence-corrected chi connectivity index (χ3v) is 6.46. The molecule has 3 aromatic rings. The van der Waals surface area contributed by atoms with Crippen LogP contribution in [0.1, 0.15) is 38.6 Å². The van der Waals surface area contributed by atoms with E-state index in [0.717, 1.165) is 35.2 Å². The molecule has 2 atom stereocenters. The summed E-state index contributed by atoms with van der Waals surface area (Å²) in [5.41, 5.74) is 3.22. The summed E-state index contributed by atoms with van der Waals surface area (Å²) in [4.78, 5) is 34.7. The number of hydrogen-bond donors (Lipinski definition) is 2. The summed E-state index contributed by atoms with van der Waals surface area (Å²) >= 11 is 0. The minimum Gasteiger partial charge on any atom is -0.453 e. The number of nitrogens with zero attached hydrogens (tertiary/aromatic N) is 2. The van der Waals surface area contributed by atoms with Crippen LogP contribution in [-0.4, -0.2) is 52.9 Å². The van der Waals surface area contributed by atoms with Gasteiger partial charge in [-0.2, -0.15) is 0 Å². The average molecular weight is 531 g/mol. The second-order valence-electron chi connectivity index (χ2n) is 9.38. The van der Waals surface area contributed by atoms with E-state index in [9.17, 15) is 22.8 Å². The van der Waals surface area contributed by atoms with E-state index in [1.807, 2.05) is 38.1 Å². The van der Waals surface area contributed by atoms with Gasteiger partial charge in [0, 0.05) is 6.54 Å². The number of carbonyl (C=O) groups excluding carboxylic acids is 2. The van der Waals surface area contributed by atoms with E-state index >= 15 is 0 Å². The molecule has 4 rings (SSSR count). The van der Waals surface area contributed by atoms with Gasteiger partial charge in [0.15, 0.2) is 0 Å². The van der Waals surface area contributed by atoms with Crippen LogP contribution in [0.25, 0.3) is 22.4 Å². The Balaban J connectivity index is 1.47. The quantitative estimate of drug-likeness (QED) is 0.409. The fourth-order valence-electron chi connectivity index (χ4n) is 4.54. The van der Waals surface area contributed by atoms with Crippen LogP contribution in [0, 0.1) is 5.92 Å². The van der Waals surface area contributed by atoms with Crippen molar-refractivity contribution < 1.29 is 32.2 Å². The Labute approximate surface area is 218 Å². The Morgan fingerprint density at radius 2 is 1.66 bits per heavy atom. The number of benzene rings is 2. The normalized spacial score (nSPS) is 16.4. The number of methoxy groups -OCH3 is 1. The van der Waals surface area contributed by atoms with Crippen molar-refractivity contribution in [1.29, 1.82) is 0 Å². The Kier molecular flexibility index (Phi) is 7.94. The molecule has 1 saturated heterocycles. The molecule has 1 aromatic heterocycles. The minimum atomic E-state index is -4.73. The van der Waals surface area contributed by atoms with Crippen LogP contribution in [0.4, 0.5) is 18.0 Å². The van der Waals surface area contributed by atoms with Crippen molar-refractivity contribution in [2.45, 2.75) is 45.1 Å². The first-order valence-electron chi connectivity index (χ1n) is 12.2. The molecular formula is C27H29F3N4O4. The van der Waals surface area contributed by atoms with Gasteiger partial charge in [0.05, 0.1) is 25.0 Å². The maximum absolute atomic E-state index is 13.3. The molecule has 202 valence electrons. The van der Waals surface area contributed by atoms with Gasteiger partial charge in [-0.05, 0) is 47.6 Å². The van der Waals surface area contributed by atoms with Crippen LogP contribution >= 0.6 is 0 Å². The highest BCUT2D eigenvalue weighted by Crippen LogP contribution is 2.33. The summed E-state index contributed by atoms with van der Waals surface area (Å²) in [5.74, 6) is 0.0857. The predicted molar refractivity (Wildman–Crippen MR) is 134 cm³/mol. The topological polar surface area (TPSA) is 96.6 Å². The lowest BCUT2D eigenvalue weighted by Crippen LogP contribution is -2.51. The molecule has 2 heterocycles. The highest BCUT2D eigenvalue weighted by Gasteiger charge is 2.37. The van der Waals surface area contributed by atoms with E-state index < -0.39 is 18.5 Å². The molecule has 0 bridgehead atoms. The molecule has 2 aromatic carbocycles. The summed E-state index contributed by atoms with van der Waals surface area (Å²) in [6, 6.07) is 12.2. The molecular weight excluding hydrogens is 501 g/mol. The third-order valence-electron chi connectivity index (χ3n) is 6.46. The summed E-state index contributed by atoms with van der Waals surface area (Å²) in [7, 11) is 1.26. The second-order valence-corrected chi connectivity index (χ2v) is 9.38. The van der Waals surface area contributed by atoms with Gasteiger partial charge < -0.3 is 24.7 Å². The fourth-order valence-corrected chi connectivity index (χ4v) is 4.54. The summed E-state index contributed by atoms with van der Waals surface area (Å²) in [5, 5.41) is 2.64. The van der Waals surface area contributed by atoms with E-state index in [4.69, 9.17) is 0 Å². The molecule has 0 saturated carbocycles.